The van der Waals surface area contributed by atoms with Crippen LogP contribution < -0.4 is 4.72 Å². The number of aromatic nitrogens is 1. The summed E-state index contributed by atoms with van der Waals surface area (Å²) in [6, 6.07) is 7.06. The molecule has 2 aromatic rings. The Balaban J connectivity index is 1.94. The second-order valence-corrected chi connectivity index (χ2v) is 7.75. The number of aryl methyl sites for hydroxylation is 2. The van der Waals surface area contributed by atoms with Gasteiger partial charge in [0.1, 0.15) is 10.6 Å². The molecule has 0 spiro atoms. The van der Waals surface area contributed by atoms with Gasteiger partial charge in [0.25, 0.3) is 15.9 Å². The van der Waals surface area contributed by atoms with Gasteiger partial charge in [-0.1, -0.05) is 12.1 Å². The summed E-state index contributed by atoms with van der Waals surface area (Å²) in [6.45, 7) is 7.49. The lowest BCUT2D eigenvalue weighted by Gasteiger charge is -2.26. The van der Waals surface area contributed by atoms with Crippen LogP contribution in [-0.4, -0.2) is 36.9 Å². The lowest BCUT2D eigenvalue weighted by Crippen LogP contribution is -2.39. The van der Waals surface area contributed by atoms with Gasteiger partial charge in [-0.2, -0.15) is 0 Å². The number of sulfonamides is 1. The van der Waals surface area contributed by atoms with Gasteiger partial charge in [-0.05, 0) is 44.0 Å². The van der Waals surface area contributed by atoms with Crippen LogP contribution in [0.5, 0.6) is 0 Å². The summed E-state index contributed by atoms with van der Waals surface area (Å²) in [7, 11) is -3.74. The lowest BCUT2D eigenvalue weighted by molar-refractivity contribution is 0.0715. The van der Waals surface area contributed by atoms with Crippen LogP contribution >= 0.6 is 0 Å². The zero-order valence-corrected chi connectivity index (χ0v) is 14.9. The number of benzene rings is 1. The Morgan fingerprint density at radius 1 is 1.17 bits per heavy atom. The van der Waals surface area contributed by atoms with Crippen LogP contribution in [0.4, 0.5) is 5.69 Å². The summed E-state index contributed by atoms with van der Waals surface area (Å²) in [5, 5.41) is 0. The van der Waals surface area contributed by atoms with Gasteiger partial charge in [-0.3, -0.25) is 9.52 Å². The van der Waals surface area contributed by atoms with Crippen molar-refractivity contribution in [3.8, 4) is 0 Å². The topological polar surface area (TPSA) is 71.4 Å². The van der Waals surface area contributed by atoms with Crippen molar-refractivity contribution in [3.05, 3.63) is 47.3 Å². The zero-order chi connectivity index (χ0) is 17.5. The lowest BCUT2D eigenvalue weighted by atomic mass is 10.1. The maximum atomic E-state index is 12.7. The van der Waals surface area contributed by atoms with Crippen LogP contribution in [0.25, 0.3) is 0 Å². The van der Waals surface area contributed by atoms with Crippen molar-refractivity contribution in [2.24, 2.45) is 0 Å². The Kier molecular flexibility index (Phi) is 4.13. The van der Waals surface area contributed by atoms with E-state index in [1.807, 2.05) is 32.9 Å². The molecule has 1 aliphatic heterocycles. The highest BCUT2D eigenvalue weighted by Crippen LogP contribution is 2.24. The molecule has 24 heavy (non-hydrogen) atoms. The van der Waals surface area contributed by atoms with Crippen molar-refractivity contribution >= 4 is 21.6 Å². The first kappa shape index (κ1) is 16.6. The Hall–Kier alpha value is -2.28. The standard InChI is InChI=1S/C17H21N3O3S/c1-4-19-7-8-20-11-14(10-16(20)17(19)21)24(22,23)18-15-9-12(2)5-6-13(15)3/h5-6,9-11,18H,4,7-8H2,1-3H3. The van der Waals surface area contributed by atoms with Gasteiger partial charge >= 0.3 is 0 Å². The monoisotopic (exact) mass is 347 g/mol. The predicted octanol–water partition coefficient (Wildman–Crippen LogP) is 2.38. The smallest absolute Gasteiger partial charge is 0.270 e. The van der Waals surface area contributed by atoms with Crippen molar-refractivity contribution in [3.63, 3.8) is 0 Å². The first-order valence-electron chi connectivity index (χ1n) is 7.91. The molecule has 128 valence electrons. The van der Waals surface area contributed by atoms with Crippen LogP contribution in [-0.2, 0) is 16.6 Å². The minimum absolute atomic E-state index is 0.115. The van der Waals surface area contributed by atoms with E-state index in [-0.39, 0.29) is 10.8 Å². The van der Waals surface area contributed by atoms with Gasteiger partial charge < -0.3 is 9.47 Å². The Labute approximate surface area is 142 Å². The number of rotatable bonds is 4. The molecular formula is C17H21N3O3S. The summed E-state index contributed by atoms with van der Waals surface area (Å²) < 4.78 is 29.7. The van der Waals surface area contributed by atoms with Crippen molar-refractivity contribution in [2.75, 3.05) is 17.8 Å². The van der Waals surface area contributed by atoms with Gasteiger partial charge in [0, 0.05) is 25.8 Å². The number of anilines is 1. The molecule has 1 aromatic carbocycles. The summed E-state index contributed by atoms with van der Waals surface area (Å²) in [6.07, 6.45) is 1.54. The highest BCUT2D eigenvalue weighted by atomic mass is 32.2. The number of nitrogens with zero attached hydrogens (tertiary/aromatic N) is 2. The van der Waals surface area contributed by atoms with E-state index in [2.05, 4.69) is 4.72 Å². The number of nitrogens with one attached hydrogen (secondary N) is 1. The van der Waals surface area contributed by atoms with Crippen LogP contribution in [0.3, 0.4) is 0 Å². The molecule has 0 atom stereocenters. The quantitative estimate of drug-likeness (QED) is 0.923. The van der Waals surface area contributed by atoms with E-state index in [0.29, 0.717) is 31.0 Å². The number of hydrogen-bond donors (Lipinski definition) is 1. The summed E-state index contributed by atoms with van der Waals surface area (Å²) in [5.41, 5.74) is 2.80. The fourth-order valence-corrected chi connectivity index (χ4v) is 4.00. The molecule has 1 N–H and O–H groups in total. The van der Waals surface area contributed by atoms with E-state index in [4.69, 9.17) is 0 Å². The highest BCUT2D eigenvalue weighted by Gasteiger charge is 2.27. The molecule has 1 amide bonds. The Morgan fingerprint density at radius 2 is 1.92 bits per heavy atom. The summed E-state index contributed by atoms with van der Waals surface area (Å²) in [4.78, 5) is 14.2. The molecule has 7 heteroatoms. The third kappa shape index (κ3) is 2.91. The van der Waals surface area contributed by atoms with E-state index in [9.17, 15) is 13.2 Å². The molecule has 0 fully saturated rings. The summed E-state index contributed by atoms with van der Waals surface area (Å²) >= 11 is 0. The van der Waals surface area contributed by atoms with E-state index >= 15 is 0 Å². The van der Waals surface area contributed by atoms with E-state index in [1.165, 1.54) is 12.3 Å². The van der Waals surface area contributed by atoms with Crippen molar-refractivity contribution in [2.45, 2.75) is 32.2 Å². The second kappa shape index (κ2) is 5.98. The van der Waals surface area contributed by atoms with E-state index in [0.717, 1.165) is 11.1 Å². The molecule has 0 unspecified atom stereocenters. The van der Waals surface area contributed by atoms with E-state index in [1.54, 1.807) is 15.5 Å². The molecule has 3 rings (SSSR count). The fourth-order valence-electron chi connectivity index (χ4n) is 2.84. The number of likely N-dealkylation sites (N-methyl/N-ethyl adjacent to an activating group) is 1. The minimum atomic E-state index is -3.74. The van der Waals surface area contributed by atoms with E-state index < -0.39 is 10.0 Å². The fraction of sp³-hybridized carbons (Fsp3) is 0.353. The third-order valence-electron chi connectivity index (χ3n) is 4.32. The van der Waals surface area contributed by atoms with Crippen molar-refractivity contribution < 1.29 is 13.2 Å². The molecule has 1 aromatic heterocycles. The molecule has 0 radical (unpaired) electrons. The van der Waals surface area contributed by atoms with Gasteiger partial charge in [0.15, 0.2) is 0 Å². The van der Waals surface area contributed by atoms with Crippen LogP contribution in [0.15, 0.2) is 35.4 Å². The SMILES string of the molecule is CCN1CCn2cc(S(=O)(=O)Nc3cc(C)ccc3C)cc2C1=O. The molecule has 0 saturated carbocycles. The van der Waals surface area contributed by atoms with Crippen LogP contribution in [0.1, 0.15) is 28.5 Å². The minimum Gasteiger partial charge on any atom is -0.340 e. The number of amides is 1. The van der Waals surface area contributed by atoms with Gasteiger partial charge in [-0.15, -0.1) is 0 Å². The predicted molar refractivity (Wildman–Crippen MR) is 92.7 cm³/mol. The highest BCUT2D eigenvalue weighted by molar-refractivity contribution is 7.92. The Bertz CT molecular complexity index is 900. The number of carbonyl (C=O) groups is 1. The second-order valence-electron chi connectivity index (χ2n) is 6.06. The average molecular weight is 347 g/mol. The first-order chi connectivity index (χ1) is 11.3. The molecule has 0 aliphatic carbocycles. The van der Waals surface area contributed by atoms with Crippen LogP contribution in [0, 0.1) is 13.8 Å². The molecule has 0 bridgehead atoms. The van der Waals surface area contributed by atoms with Gasteiger partial charge in [0.2, 0.25) is 0 Å². The molecular weight excluding hydrogens is 326 g/mol. The van der Waals surface area contributed by atoms with Gasteiger partial charge in [0.05, 0.1) is 5.69 Å². The molecule has 6 nitrogen and oxygen atoms in total. The summed E-state index contributed by atoms with van der Waals surface area (Å²) in [5.74, 6) is -0.128. The number of fused-ring (bicyclic) bond motifs is 1. The van der Waals surface area contributed by atoms with Crippen LogP contribution in [0.2, 0.25) is 0 Å². The van der Waals surface area contributed by atoms with Crippen molar-refractivity contribution in [1.82, 2.24) is 9.47 Å². The first-order valence-corrected chi connectivity index (χ1v) is 9.39. The normalized spacial score (nSPS) is 14.6. The molecule has 2 heterocycles. The number of carbonyl (C=O) groups excluding carboxylic acids is 1. The number of hydrogen-bond acceptors (Lipinski definition) is 3. The zero-order valence-electron chi connectivity index (χ0n) is 14.0. The average Bonchev–Trinajstić information content (AvgIpc) is 2.97. The molecule has 0 saturated heterocycles. The third-order valence-corrected chi connectivity index (χ3v) is 5.65. The Morgan fingerprint density at radius 3 is 2.62 bits per heavy atom. The largest absolute Gasteiger partial charge is 0.340 e. The van der Waals surface area contributed by atoms with Gasteiger partial charge in [-0.25, -0.2) is 8.42 Å². The molecule has 1 aliphatic rings. The maximum absolute atomic E-state index is 12.7. The van der Waals surface area contributed by atoms with Crippen molar-refractivity contribution in [1.29, 1.82) is 0 Å². The maximum Gasteiger partial charge on any atom is 0.270 e.